The first-order valence-corrected chi connectivity index (χ1v) is 6.07. The second kappa shape index (κ2) is 2.45. The standard InChI is InChI=1S/C8H14O3S/c9-8(5-1-2-6-8)12(10,11)7-3-4-7/h7,9H,1-6H2. The number of sulfone groups is 1. The van der Waals surface area contributed by atoms with E-state index in [2.05, 4.69) is 0 Å². The SMILES string of the molecule is O=S(=O)(C1CC1)C1(O)CCCC1. The number of aliphatic hydroxyl groups is 1. The Morgan fingerprint density at radius 1 is 1.17 bits per heavy atom. The van der Waals surface area contributed by atoms with E-state index in [1.807, 2.05) is 0 Å². The normalized spacial score (nSPS) is 29.1. The smallest absolute Gasteiger partial charge is 0.182 e. The molecule has 0 aromatic rings. The van der Waals surface area contributed by atoms with Crippen molar-refractivity contribution in [3.8, 4) is 0 Å². The summed E-state index contributed by atoms with van der Waals surface area (Å²) in [7, 11) is -3.21. The summed E-state index contributed by atoms with van der Waals surface area (Å²) in [5, 5.41) is 9.62. The molecular formula is C8H14O3S. The van der Waals surface area contributed by atoms with Crippen molar-refractivity contribution in [1.29, 1.82) is 0 Å². The third-order valence-electron chi connectivity index (χ3n) is 2.88. The van der Waals surface area contributed by atoms with Gasteiger partial charge in [-0.05, 0) is 38.5 Å². The molecule has 3 nitrogen and oxygen atoms in total. The van der Waals surface area contributed by atoms with E-state index in [0.717, 1.165) is 25.7 Å². The van der Waals surface area contributed by atoms with Crippen LogP contribution in [0.1, 0.15) is 38.5 Å². The molecule has 0 spiro atoms. The summed E-state index contributed by atoms with van der Waals surface area (Å²) in [6, 6.07) is 0. The molecular weight excluding hydrogens is 176 g/mol. The molecule has 4 heteroatoms. The molecule has 2 saturated carbocycles. The average molecular weight is 190 g/mol. The summed E-state index contributed by atoms with van der Waals surface area (Å²) >= 11 is 0. The fraction of sp³-hybridized carbons (Fsp3) is 1.00. The Hall–Kier alpha value is -0.0900. The number of rotatable bonds is 2. The molecule has 2 rings (SSSR count). The lowest BCUT2D eigenvalue weighted by Crippen LogP contribution is -2.37. The zero-order valence-electron chi connectivity index (χ0n) is 6.99. The molecule has 0 atom stereocenters. The van der Waals surface area contributed by atoms with Crippen molar-refractivity contribution in [2.75, 3.05) is 0 Å². The Kier molecular flexibility index (Phi) is 1.74. The Balaban J connectivity index is 2.26. The van der Waals surface area contributed by atoms with Gasteiger partial charge in [-0.1, -0.05) is 0 Å². The fourth-order valence-electron chi connectivity index (χ4n) is 1.90. The van der Waals surface area contributed by atoms with Crippen molar-refractivity contribution in [3.05, 3.63) is 0 Å². The monoisotopic (exact) mass is 190 g/mol. The first kappa shape index (κ1) is 8.51. The van der Waals surface area contributed by atoms with E-state index < -0.39 is 14.8 Å². The molecule has 2 aliphatic rings. The summed E-state index contributed by atoms with van der Waals surface area (Å²) in [6.45, 7) is 0. The Labute approximate surface area is 72.7 Å². The lowest BCUT2D eigenvalue weighted by molar-refractivity contribution is 0.132. The molecule has 0 aliphatic heterocycles. The first-order valence-electron chi connectivity index (χ1n) is 4.52. The van der Waals surface area contributed by atoms with Gasteiger partial charge in [0.2, 0.25) is 0 Å². The molecule has 0 aromatic heterocycles. The maximum Gasteiger partial charge on any atom is 0.182 e. The minimum Gasteiger partial charge on any atom is -0.374 e. The van der Waals surface area contributed by atoms with Crippen LogP contribution in [-0.2, 0) is 9.84 Å². The molecule has 0 bridgehead atoms. The van der Waals surface area contributed by atoms with Crippen LogP contribution in [0.25, 0.3) is 0 Å². The van der Waals surface area contributed by atoms with Crippen LogP contribution in [0.3, 0.4) is 0 Å². The highest BCUT2D eigenvalue weighted by molar-refractivity contribution is 7.93. The molecule has 12 heavy (non-hydrogen) atoms. The van der Waals surface area contributed by atoms with E-state index in [1.165, 1.54) is 0 Å². The van der Waals surface area contributed by atoms with Gasteiger partial charge in [0, 0.05) is 0 Å². The largest absolute Gasteiger partial charge is 0.374 e. The van der Waals surface area contributed by atoms with E-state index in [0.29, 0.717) is 12.8 Å². The van der Waals surface area contributed by atoms with Crippen LogP contribution < -0.4 is 0 Å². The quantitative estimate of drug-likeness (QED) is 0.701. The molecule has 1 N–H and O–H groups in total. The highest BCUT2D eigenvalue weighted by atomic mass is 32.2. The first-order chi connectivity index (χ1) is 5.56. The van der Waals surface area contributed by atoms with Gasteiger partial charge in [-0.3, -0.25) is 0 Å². The summed E-state index contributed by atoms with van der Waals surface area (Å²) in [6.07, 6.45) is 4.11. The molecule has 0 radical (unpaired) electrons. The van der Waals surface area contributed by atoms with Crippen molar-refractivity contribution in [2.24, 2.45) is 0 Å². The fourth-order valence-corrected chi connectivity index (χ4v) is 4.14. The van der Waals surface area contributed by atoms with Crippen LogP contribution in [0.4, 0.5) is 0 Å². The van der Waals surface area contributed by atoms with Gasteiger partial charge in [0.05, 0.1) is 5.25 Å². The van der Waals surface area contributed by atoms with Crippen LogP contribution in [0.15, 0.2) is 0 Å². The Morgan fingerprint density at radius 2 is 1.67 bits per heavy atom. The predicted molar refractivity (Wildman–Crippen MR) is 45.4 cm³/mol. The minimum atomic E-state index is -3.21. The van der Waals surface area contributed by atoms with Crippen LogP contribution in [0.5, 0.6) is 0 Å². The van der Waals surface area contributed by atoms with E-state index in [-0.39, 0.29) is 5.25 Å². The molecule has 0 aromatic carbocycles. The lowest BCUT2D eigenvalue weighted by atomic mass is 10.3. The summed E-state index contributed by atoms with van der Waals surface area (Å²) in [5.74, 6) is 0. The molecule has 2 fully saturated rings. The minimum absolute atomic E-state index is 0.222. The third-order valence-corrected chi connectivity index (χ3v) is 5.69. The van der Waals surface area contributed by atoms with Crippen LogP contribution >= 0.6 is 0 Å². The molecule has 0 unspecified atom stereocenters. The van der Waals surface area contributed by atoms with Gasteiger partial charge >= 0.3 is 0 Å². The molecule has 0 amide bonds. The van der Waals surface area contributed by atoms with Gasteiger partial charge in [-0.2, -0.15) is 0 Å². The van der Waals surface area contributed by atoms with E-state index in [9.17, 15) is 13.5 Å². The van der Waals surface area contributed by atoms with Crippen LogP contribution in [0.2, 0.25) is 0 Å². The zero-order valence-corrected chi connectivity index (χ0v) is 7.81. The van der Waals surface area contributed by atoms with Gasteiger partial charge in [-0.25, -0.2) is 8.42 Å². The van der Waals surface area contributed by atoms with E-state index >= 15 is 0 Å². The number of hydrogen-bond donors (Lipinski definition) is 1. The van der Waals surface area contributed by atoms with E-state index in [1.54, 1.807) is 0 Å². The average Bonchev–Trinajstić information content (AvgIpc) is 2.76. The van der Waals surface area contributed by atoms with E-state index in [4.69, 9.17) is 0 Å². The van der Waals surface area contributed by atoms with Crippen molar-refractivity contribution < 1.29 is 13.5 Å². The van der Waals surface area contributed by atoms with Gasteiger partial charge in [0.15, 0.2) is 14.8 Å². The molecule has 0 saturated heterocycles. The third kappa shape index (κ3) is 1.09. The summed E-state index contributed by atoms with van der Waals surface area (Å²) < 4.78 is 23.3. The molecule has 2 aliphatic carbocycles. The second-order valence-corrected chi connectivity index (χ2v) is 6.41. The van der Waals surface area contributed by atoms with Crippen molar-refractivity contribution >= 4 is 9.84 Å². The van der Waals surface area contributed by atoms with Crippen LogP contribution in [0, 0.1) is 0 Å². The Morgan fingerprint density at radius 3 is 2.08 bits per heavy atom. The molecule has 0 heterocycles. The predicted octanol–water partition coefficient (Wildman–Crippen LogP) is 0.826. The van der Waals surface area contributed by atoms with Gasteiger partial charge < -0.3 is 5.11 Å². The Bertz CT molecular complexity index is 271. The van der Waals surface area contributed by atoms with Crippen LogP contribution in [-0.4, -0.2) is 23.7 Å². The highest BCUT2D eigenvalue weighted by Crippen LogP contribution is 2.42. The second-order valence-electron chi connectivity index (χ2n) is 3.90. The summed E-state index contributed by atoms with van der Waals surface area (Å²) in [4.78, 5) is -1.35. The number of hydrogen-bond acceptors (Lipinski definition) is 3. The topological polar surface area (TPSA) is 54.4 Å². The maximum atomic E-state index is 11.7. The van der Waals surface area contributed by atoms with Crippen molar-refractivity contribution in [1.82, 2.24) is 0 Å². The maximum absolute atomic E-state index is 11.7. The lowest BCUT2D eigenvalue weighted by Gasteiger charge is -2.21. The van der Waals surface area contributed by atoms with Gasteiger partial charge in [0.1, 0.15) is 0 Å². The zero-order chi connectivity index (χ0) is 8.82. The molecule has 70 valence electrons. The van der Waals surface area contributed by atoms with Crippen molar-refractivity contribution in [2.45, 2.75) is 48.7 Å². The van der Waals surface area contributed by atoms with Gasteiger partial charge in [-0.15, -0.1) is 0 Å². The highest BCUT2D eigenvalue weighted by Gasteiger charge is 2.51. The van der Waals surface area contributed by atoms with Crippen molar-refractivity contribution in [3.63, 3.8) is 0 Å². The van der Waals surface area contributed by atoms with Gasteiger partial charge in [0.25, 0.3) is 0 Å². The summed E-state index contributed by atoms with van der Waals surface area (Å²) in [5.41, 5.74) is 0.